The van der Waals surface area contributed by atoms with Gasteiger partial charge in [0, 0.05) is 0 Å². The van der Waals surface area contributed by atoms with Crippen LogP contribution in [0.2, 0.25) is 0 Å². The third-order valence-corrected chi connectivity index (χ3v) is 10.5. The summed E-state index contributed by atoms with van der Waals surface area (Å²) in [5.41, 5.74) is 2.16. The molecule has 0 amide bonds. The van der Waals surface area contributed by atoms with E-state index in [-0.39, 0.29) is 86.9 Å². The number of hydrogen-bond donors (Lipinski definition) is 0. The van der Waals surface area contributed by atoms with Crippen LogP contribution in [0, 0.1) is 0 Å². The normalized spacial score (nSPS) is 16.7. The van der Waals surface area contributed by atoms with Crippen LogP contribution < -0.4 is 0 Å². The van der Waals surface area contributed by atoms with E-state index in [1.165, 1.54) is 0 Å². The average Bonchev–Trinajstić information content (AvgIpc) is 3.37. The maximum absolute atomic E-state index is 10.0. The van der Waals surface area contributed by atoms with Gasteiger partial charge in [-0.25, -0.2) is 0 Å². The van der Waals surface area contributed by atoms with Gasteiger partial charge in [0.05, 0.1) is 24.7 Å². The van der Waals surface area contributed by atoms with E-state index < -0.39 is 109 Å². The first-order chi connectivity index (χ1) is 34.3. The maximum Gasteiger partial charge on any atom is 0.0630 e. The smallest absolute Gasteiger partial charge is 0.0622 e. The van der Waals surface area contributed by atoms with Gasteiger partial charge in [0.2, 0.25) is 0 Å². The Morgan fingerprint density at radius 2 is 0.778 bits per heavy atom. The molecule has 0 aliphatic carbocycles. The molecule has 0 N–H and O–H groups in total. The van der Waals surface area contributed by atoms with E-state index in [1.54, 1.807) is 24.3 Å². The van der Waals surface area contributed by atoms with Gasteiger partial charge < -0.3 is 0 Å². The third-order valence-electron chi connectivity index (χ3n) is 10.5. The second-order valence-corrected chi connectivity index (χ2v) is 13.3. The van der Waals surface area contributed by atoms with Crippen molar-refractivity contribution in [2.24, 2.45) is 0 Å². The van der Waals surface area contributed by atoms with Crippen molar-refractivity contribution < 1.29 is 24.7 Å². The molecule has 0 spiro atoms. The van der Waals surface area contributed by atoms with Gasteiger partial charge in [0.25, 0.3) is 0 Å². The Morgan fingerprint density at radius 1 is 0.278 bits per heavy atom. The van der Waals surface area contributed by atoms with E-state index in [2.05, 4.69) is 0 Å². The molecule has 248 valence electrons. The molecular formula is C54H32. The first kappa shape index (κ1) is 17.2. The van der Waals surface area contributed by atoms with E-state index in [0.29, 0.717) is 22.3 Å². The molecule has 12 aromatic carbocycles. The van der Waals surface area contributed by atoms with Crippen LogP contribution in [0.4, 0.5) is 0 Å². The molecule has 0 fully saturated rings. The van der Waals surface area contributed by atoms with Crippen molar-refractivity contribution in [2.45, 2.75) is 0 Å². The minimum Gasteiger partial charge on any atom is -0.0622 e. The van der Waals surface area contributed by atoms with Crippen molar-refractivity contribution in [3.63, 3.8) is 0 Å². The molecule has 0 aromatic heterocycles. The Morgan fingerprint density at radius 3 is 1.44 bits per heavy atom. The quantitative estimate of drug-likeness (QED) is 0.161. The van der Waals surface area contributed by atoms with Crippen LogP contribution in [0.25, 0.3) is 120 Å². The fraction of sp³-hybridized carbons (Fsp3) is 0. The van der Waals surface area contributed by atoms with Crippen molar-refractivity contribution in [3.05, 3.63) is 194 Å². The largest absolute Gasteiger partial charge is 0.0630 e. The van der Waals surface area contributed by atoms with Gasteiger partial charge in [0.1, 0.15) is 0 Å². The van der Waals surface area contributed by atoms with Crippen LogP contribution in [-0.4, -0.2) is 0 Å². The molecule has 12 rings (SSSR count). The van der Waals surface area contributed by atoms with Crippen molar-refractivity contribution >= 4 is 75.4 Å². The third kappa shape index (κ3) is 4.20. The zero-order valence-corrected chi connectivity index (χ0v) is 28.1. The van der Waals surface area contributed by atoms with Gasteiger partial charge in [-0.2, -0.15) is 0 Å². The van der Waals surface area contributed by atoms with Gasteiger partial charge in [-0.15, -0.1) is 0 Å². The number of rotatable bonds is 4. The molecule has 0 saturated carbocycles. The molecule has 0 saturated heterocycles. The second-order valence-electron chi connectivity index (χ2n) is 13.3. The average molecular weight is 699 g/mol. The van der Waals surface area contributed by atoms with Crippen molar-refractivity contribution in [3.8, 4) is 44.5 Å². The Hall–Kier alpha value is -7.02. The summed E-state index contributed by atoms with van der Waals surface area (Å²) < 4.78 is 167. The van der Waals surface area contributed by atoms with Gasteiger partial charge in [0.15, 0.2) is 0 Å². The summed E-state index contributed by atoms with van der Waals surface area (Å²) in [4.78, 5) is 0. The maximum atomic E-state index is 10.0. The van der Waals surface area contributed by atoms with Gasteiger partial charge in [-0.05, 0) is 132 Å². The molecular weight excluding hydrogens is 649 g/mol. The lowest BCUT2D eigenvalue weighted by Crippen LogP contribution is -1.96. The van der Waals surface area contributed by atoms with Crippen molar-refractivity contribution in [1.82, 2.24) is 0 Å². The molecule has 0 aliphatic heterocycles. The van der Waals surface area contributed by atoms with Crippen LogP contribution in [0.15, 0.2) is 194 Å². The SMILES string of the molecule is [2H]c1c([2H])c2c([2H])c([2H])c3c([2H])c([2H])c(-c4cc(-c5ccccc5)c(-c5cccc6ccccc56)c(-c5c([2H])c([2H])c6c([2H])c([2H])c7c([2H])c([2H])c([2H])c8c([2H])c([2H])c5c6c78)c4)c4c([2H])c([2H])c(c1[2H])c2c34. The lowest BCUT2D eigenvalue weighted by atomic mass is 9.80. The Bertz CT molecular complexity index is 4420. The predicted octanol–water partition coefficient (Wildman–Crippen LogP) is 15.3. The molecule has 0 unspecified atom stereocenters. The lowest BCUT2D eigenvalue weighted by Gasteiger charge is -2.23. The van der Waals surface area contributed by atoms with Crippen LogP contribution in [0.3, 0.4) is 0 Å². The monoisotopic (exact) mass is 698 g/mol. The number of hydrogen-bond acceptors (Lipinski definition) is 0. The number of fused-ring (bicyclic) bond motifs is 1. The van der Waals surface area contributed by atoms with Crippen LogP contribution in [0.1, 0.15) is 24.7 Å². The van der Waals surface area contributed by atoms with Gasteiger partial charge in [-0.3, -0.25) is 0 Å². The Kier molecular flexibility index (Phi) is 3.58. The van der Waals surface area contributed by atoms with Crippen LogP contribution in [0.5, 0.6) is 0 Å². The Balaban J connectivity index is 1.38. The van der Waals surface area contributed by atoms with E-state index >= 15 is 0 Å². The highest BCUT2D eigenvalue weighted by atomic mass is 14.3. The zero-order valence-electron chi connectivity index (χ0n) is 46.1. The molecule has 0 bridgehead atoms. The molecule has 0 nitrogen and oxygen atoms in total. The van der Waals surface area contributed by atoms with Crippen LogP contribution >= 0.6 is 0 Å². The standard InChI is InChI=1S/C54H32/c1-2-9-34(10-3-1)48-31-41(43-27-23-39-21-19-35-13-6-15-37-25-29-46(43)52(39)50(35)37)32-49(54(48)45-18-8-12-33-11-4-5-17-42(33)45)44-28-24-40-22-20-36-14-7-16-38-26-30-47(44)53(40)51(36)38/h1-32H/i6D,7D,13D,14D,15D,16D,19D,20D,21D,22D,23D,24D,25D,26D,27D,28D,29D,30D. The minimum atomic E-state index is -0.611. The number of benzene rings is 12. The minimum absolute atomic E-state index is 0.0223. The fourth-order valence-corrected chi connectivity index (χ4v) is 8.11. The first-order valence-electron chi connectivity index (χ1n) is 26.4. The first-order valence-corrected chi connectivity index (χ1v) is 17.4. The zero-order chi connectivity index (χ0) is 51.0. The summed E-state index contributed by atoms with van der Waals surface area (Å²) in [6, 6.07) is 15.7. The van der Waals surface area contributed by atoms with Gasteiger partial charge in [-0.1, -0.05) is 182 Å². The molecule has 0 atom stereocenters. The lowest BCUT2D eigenvalue weighted by molar-refractivity contribution is 1.58. The van der Waals surface area contributed by atoms with E-state index in [4.69, 9.17) is 11.0 Å². The molecule has 54 heavy (non-hydrogen) atoms. The van der Waals surface area contributed by atoms with E-state index in [9.17, 15) is 13.7 Å². The highest BCUT2D eigenvalue weighted by Gasteiger charge is 2.22. The molecule has 0 heterocycles. The topological polar surface area (TPSA) is 0 Å². The van der Waals surface area contributed by atoms with Gasteiger partial charge >= 0.3 is 0 Å². The summed E-state index contributed by atoms with van der Waals surface area (Å²) in [6.45, 7) is 0. The predicted molar refractivity (Wildman–Crippen MR) is 233 cm³/mol. The fourth-order valence-electron chi connectivity index (χ4n) is 8.11. The summed E-state index contributed by atoms with van der Waals surface area (Å²) in [7, 11) is 0. The van der Waals surface area contributed by atoms with E-state index in [0.717, 1.165) is 10.8 Å². The van der Waals surface area contributed by atoms with E-state index in [1.807, 2.05) is 60.7 Å². The molecule has 12 aromatic rings. The van der Waals surface area contributed by atoms with Crippen molar-refractivity contribution in [2.75, 3.05) is 0 Å². The summed E-state index contributed by atoms with van der Waals surface area (Å²) in [5, 5.41) is -0.152. The van der Waals surface area contributed by atoms with Crippen LogP contribution in [-0.2, 0) is 0 Å². The molecule has 0 heteroatoms. The Labute approximate surface area is 338 Å². The molecule has 0 aliphatic rings. The highest BCUT2D eigenvalue weighted by molar-refractivity contribution is 6.28. The summed E-state index contributed by atoms with van der Waals surface area (Å²) in [6.07, 6.45) is 0. The summed E-state index contributed by atoms with van der Waals surface area (Å²) in [5.74, 6) is 0. The highest BCUT2D eigenvalue weighted by Crippen LogP contribution is 2.49. The van der Waals surface area contributed by atoms with Crippen molar-refractivity contribution in [1.29, 1.82) is 0 Å². The summed E-state index contributed by atoms with van der Waals surface area (Å²) >= 11 is 0. The molecule has 0 radical (unpaired) electrons. The second kappa shape index (κ2) is 11.2.